The predicted molar refractivity (Wildman–Crippen MR) is 36.3 cm³/mol. The van der Waals surface area contributed by atoms with Crippen molar-refractivity contribution in [2.24, 2.45) is 5.92 Å². The molecule has 0 aliphatic heterocycles. The standard InChI is InChI=1S/C7H11NO2/c1-6(4-5-8)2-3-7(9)10/h6H,2-4H2,1H3,(H,9,10). The van der Waals surface area contributed by atoms with E-state index in [1.54, 1.807) is 0 Å². The number of hydrogen-bond acceptors (Lipinski definition) is 2. The quantitative estimate of drug-likeness (QED) is 0.643. The lowest BCUT2D eigenvalue weighted by molar-refractivity contribution is -0.137. The number of aliphatic carboxylic acids is 1. The molecule has 0 rings (SSSR count). The number of nitrogens with zero attached hydrogens (tertiary/aromatic N) is 1. The molecule has 0 aromatic rings. The second-order valence-corrected chi connectivity index (χ2v) is 2.40. The lowest BCUT2D eigenvalue weighted by Crippen LogP contribution is -1.99. The van der Waals surface area contributed by atoms with Crippen molar-refractivity contribution in [2.75, 3.05) is 0 Å². The Hall–Kier alpha value is -1.04. The molecule has 0 fully saturated rings. The van der Waals surface area contributed by atoms with Crippen LogP contribution in [0.5, 0.6) is 0 Å². The fourth-order valence-corrected chi connectivity index (χ4v) is 0.628. The molecule has 3 heteroatoms. The number of hydrogen-bond donors (Lipinski definition) is 1. The monoisotopic (exact) mass is 141 g/mol. The Morgan fingerprint density at radius 3 is 2.80 bits per heavy atom. The van der Waals surface area contributed by atoms with Gasteiger partial charge in [0.15, 0.2) is 0 Å². The van der Waals surface area contributed by atoms with E-state index in [9.17, 15) is 4.79 Å². The van der Waals surface area contributed by atoms with Crippen LogP contribution in [0.1, 0.15) is 26.2 Å². The minimum Gasteiger partial charge on any atom is -0.481 e. The van der Waals surface area contributed by atoms with Gasteiger partial charge in [-0.2, -0.15) is 5.26 Å². The molecular weight excluding hydrogens is 130 g/mol. The summed E-state index contributed by atoms with van der Waals surface area (Å²) >= 11 is 0. The SMILES string of the molecule is CC(CC#N)CCC(=O)O. The number of carboxylic acids is 1. The molecule has 0 saturated carbocycles. The summed E-state index contributed by atoms with van der Waals surface area (Å²) in [6.07, 6.45) is 1.22. The summed E-state index contributed by atoms with van der Waals surface area (Å²) in [6.45, 7) is 1.88. The second kappa shape index (κ2) is 4.80. The molecule has 1 unspecified atom stereocenters. The molecule has 0 amide bonds. The zero-order valence-corrected chi connectivity index (χ0v) is 6.00. The van der Waals surface area contributed by atoms with Crippen LogP contribution in [0.2, 0.25) is 0 Å². The fourth-order valence-electron chi connectivity index (χ4n) is 0.628. The van der Waals surface area contributed by atoms with E-state index in [0.29, 0.717) is 12.8 Å². The van der Waals surface area contributed by atoms with Crippen molar-refractivity contribution in [1.82, 2.24) is 0 Å². The third kappa shape index (κ3) is 5.10. The van der Waals surface area contributed by atoms with Crippen LogP contribution in [0.15, 0.2) is 0 Å². The largest absolute Gasteiger partial charge is 0.481 e. The Morgan fingerprint density at radius 1 is 1.80 bits per heavy atom. The van der Waals surface area contributed by atoms with E-state index in [0.717, 1.165) is 0 Å². The van der Waals surface area contributed by atoms with Crippen molar-refractivity contribution in [1.29, 1.82) is 5.26 Å². The Morgan fingerprint density at radius 2 is 2.40 bits per heavy atom. The Bertz CT molecular complexity index is 148. The molecule has 1 N–H and O–H groups in total. The van der Waals surface area contributed by atoms with Gasteiger partial charge in [-0.1, -0.05) is 6.92 Å². The molecule has 0 aliphatic carbocycles. The van der Waals surface area contributed by atoms with E-state index in [2.05, 4.69) is 0 Å². The van der Waals surface area contributed by atoms with E-state index in [1.165, 1.54) is 0 Å². The van der Waals surface area contributed by atoms with E-state index in [4.69, 9.17) is 10.4 Å². The first-order valence-corrected chi connectivity index (χ1v) is 3.25. The number of nitriles is 1. The molecule has 0 aromatic carbocycles. The third-order valence-electron chi connectivity index (χ3n) is 1.29. The molecular formula is C7H11NO2. The number of carboxylic acid groups (broad SMARTS) is 1. The maximum atomic E-state index is 10.0. The Kier molecular flexibility index (Phi) is 4.30. The van der Waals surface area contributed by atoms with Gasteiger partial charge in [0.05, 0.1) is 6.07 Å². The summed E-state index contributed by atoms with van der Waals surface area (Å²) in [4.78, 5) is 10.0. The summed E-state index contributed by atoms with van der Waals surface area (Å²) in [5, 5.41) is 16.5. The molecule has 56 valence electrons. The molecule has 0 aliphatic rings. The van der Waals surface area contributed by atoms with Gasteiger partial charge < -0.3 is 5.11 Å². The number of rotatable bonds is 4. The van der Waals surface area contributed by atoms with Crippen molar-refractivity contribution >= 4 is 5.97 Å². The highest BCUT2D eigenvalue weighted by Gasteiger charge is 2.03. The van der Waals surface area contributed by atoms with E-state index >= 15 is 0 Å². The van der Waals surface area contributed by atoms with Gasteiger partial charge in [0.1, 0.15) is 0 Å². The maximum absolute atomic E-state index is 10.0. The molecule has 1 atom stereocenters. The van der Waals surface area contributed by atoms with Gasteiger partial charge in [-0.25, -0.2) is 0 Å². The Balaban J connectivity index is 3.32. The minimum absolute atomic E-state index is 0.169. The van der Waals surface area contributed by atoms with Crippen LogP contribution in [0.25, 0.3) is 0 Å². The van der Waals surface area contributed by atoms with E-state index < -0.39 is 5.97 Å². The molecule has 3 nitrogen and oxygen atoms in total. The van der Waals surface area contributed by atoms with Crippen LogP contribution >= 0.6 is 0 Å². The van der Waals surface area contributed by atoms with Crippen LogP contribution in [0.4, 0.5) is 0 Å². The van der Waals surface area contributed by atoms with Crippen molar-refractivity contribution in [3.05, 3.63) is 0 Å². The smallest absolute Gasteiger partial charge is 0.303 e. The number of carbonyl (C=O) groups is 1. The van der Waals surface area contributed by atoms with Crippen molar-refractivity contribution in [2.45, 2.75) is 26.2 Å². The summed E-state index contributed by atoms with van der Waals surface area (Å²) < 4.78 is 0. The molecule has 0 saturated heterocycles. The average Bonchev–Trinajstić information content (AvgIpc) is 1.85. The molecule has 0 spiro atoms. The van der Waals surface area contributed by atoms with Gasteiger partial charge in [-0.05, 0) is 12.3 Å². The highest BCUT2D eigenvalue weighted by molar-refractivity contribution is 5.66. The zero-order valence-electron chi connectivity index (χ0n) is 6.00. The molecule has 10 heavy (non-hydrogen) atoms. The summed E-state index contributed by atoms with van der Waals surface area (Å²) in [5.41, 5.74) is 0. The van der Waals surface area contributed by atoms with Gasteiger partial charge >= 0.3 is 5.97 Å². The normalized spacial score (nSPS) is 12.0. The second-order valence-electron chi connectivity index (χ2n) is 2.40. The van der Waals surface area contributed by atoms with Crippen LogP contribution in [0.3, 0.4) is 0 Å². The van der Waals surface area contributed by atoms with Gasteiger partial charge in [-0.15, -0.1) is 0 Å². The maximum Gasteiger partial charge on any atom is 0.303 e. The van der Waals surface area contributed by atoms with Crippen molar-refractivity contribution in [3.63, 3.8) is 0 Å². The van der Waals surface area contributed by atoms with Crippen LogP contribution < -0.4 is 0 Å². The molecule has 0 aromatic heterocycles. The van der Waals surface area contributed by atoms with Crippen molar-refractivity contribution < 1.29 is 9.90 Å². The third-order valence-corrected chi connectivity index (χ3v) is 1.29. The highest BCUT2D eigenvalue weighted by Crippen LogP contribution is 2.08. The van der Waals surface area contributed by atoms with E-state index in [-0.39, 0.29) is 12.3 Å². The van der Waals surface area contributed by atoms with Gasteiger partial charge in [-0.3, -0.25) is 4.79 Å². The van der Waals surface area contributed by atoms with Crippen LogP contribution in [0, 0.1) is 17.2 Å². The lowest BCUT2D eigenvalue weighted by Gasteiger charge is -2.01. The van der Waals surface area contributed by atoms with Gasteiger partial charge in [0.25, 0.3) is 0 Å². The first-order chi connectivity index (χ1) is 4.66. The van der Waals surface area contributed by atoms with Crippen molar-refractivity contribution in [3.8, 4) is 6.07 Å². The van der Waals surface area contributed by atoms with E-state index in [1.807, 2.05) is 13.0 Å². The first-order valence-electron chi connectivity index (χ1n) is 3.25. The van der Waals surface area contributed by atoms with Gasteiger partial charge in [0.2, 0.25) is 0 Å². The zero-order chi connectivity index (χ0) is 7.98. The lowest BCUT2D eigenvalue weighted by atomic mass is 10.0. The minimum atomic E-state index is -0.787. The van der Waals surface area contributed by atoms with Crippen LogP contribution in [-0.2, 0) is 4.79 Å². The summed E-state index contributed by atoms with van der Waals surface area (Å²) in [6, 6.07) is 2.00. The highest BCUT2D eigenvalue weighted by atomic mass is 16.4. The molecule has 0 radical (unpaired) electrons. The predicted octanol–water partition coefficient (Wildman–Crippen LogP) is 1.40. The topological polar surface area (TPSA) is 61.1 Å². The van der Waals surface area contributed by atoms with Crippen LogP contribution in [-0.4, -0.2) is 11.1 Å². The molecule has 0 heterocycles. The fraction of sp³-hybridized carbons (Fsp3) is 0.714. The summed E-state index contributed by atoms with van der Waals surface area (Å²) in [5.74, 6) is -0.578. The summed E-state index contributed by atoms with van der Waals surface area (Å²) in [7, 11) is 0. The first kappa shape index (κ1) is 8.96. The van der Waals surface area contributed by atoms with Gasteiger partial charge in [0, 0.05) is 12.8 Å². The molecule has 0 bridgehead atoms. The Labute approximate surface area is 60.3 Å². The average molecular weight is 141 g/mol.